The monoisotopic (exact) mass is 566 g/mol. The zero-order chi connectivity index (χ0) is 25.6. The van der Waals surface area contributed by atoms with Crippen molar-refractivity contribution in [1.29, 1.82) is 0 Å². The van der Waals surface area contributed by atoms with Crippen LogP contribution in [0, 0.1) is 10.1 Å². The van der Waals surface area contributed by atoms with Crippen molar-refractivity contribution in [2.24, 2.45) is 4.99 Å². The van der Waals surface area contributed by atoms with Gasteiger partial charge in [0.15, 0.2) is 5.16 Å². The summed E-state index contributed by atoms with van der Waals surface area (Å²) in [6.07, 6.45) is 1.61. The Morgan fingerprint density at radius 3 is 2.03 bits per heavy atom. The molecule has 6 nitrogen and oxygen atoms in total. The van der Waals surface area contributed by atoms with E-state index in [1.54, 1.807) is 18.3 Å². The molecule has 0 amide bonds. The van der Waals surface area contributed by atoms with Crippen LogP contribution in [0.2, 0.25) is 0 Å². The third-order valence-electron chi connectivity index (χ3n) is 5.40. The lowest BCUT2D eigenvalue weighted by molar-refractivity contribution is -0.387. The highest BCUT2D eigenvalue weighted by Gasteiger charge is 2.18. The van der Waals surface area contributed by atoms with Gasteiger partial charge in [-0.15, -0.1) is 0 Å². The number of halogens is 1. The molecule has 1 aromatic heterocycles. The van der Waals surface area contributed by atoms with Crippen LogP contribution in [0.25, 0.3) is 22.5 Å². The van der Waals surface area contributed by atoms with Crippen LogP contribution in [-0.2, 0) is 0 Å². The number of aliphatic imine (C=N–C) groups is 1. The first-order valence-electron chi connectivity index (χ1n) is 11.3. The van der Waals surface area contributed by atoms with Crippen molar-refractivity contribution in [2.75, 3.05) is 0 Å². The Morgan fingerprint density at radius 1 is 0.784 bits per heavy atom. The second kappa shape index (κ2) is 11.3. The lowest BCUT2D eigenvalue weighted by Crippen LogP contribution is -1.97. The van der Waals surface area contributed by atoms with Gasteiger partial charge in [0.25, 0.3) is 5.69 Å². The second-order valence-corrected chi connectivity index (χ2v) is 9.90. The van der Waals surface area contributed by atoms with Crippen molar-refractivity contribution >= 4 is 45.3 Å². The van der Waals surface area contributed by atoms with E-state index in [0.717, 1.165) is 32.7 Å². The minimum atomic E-state index is -0.391. The van der Waals surface area contributed by atoms with Crippen LogP contribution in [0.15, 0.2) is 129 Å². The molecule has 4 aromatic carbocycles. The van der Waals surface area contributed by atoms with Crippen molar-refractivity contribution < 1.29 is 4.92 Å². The van der Waals surface area contributed by atoms with E-state index in [-0.39, 0.29) is 5.69 Å². The summed E-state index contributed by atoms with van der Waals surface area (Å²) in [5.41, 5.74) is 4.72. The Kier molecular flexibility index (Phi) is 7.49. The average molecular weight is 567 g/mol. The summed E-state index contributed by atoms with van der Waals surface area (Å²) in [6.45, 7) is 0. The molecule has 0 saturated carbocycles. The quantitative estimate of drug-likeness (QED) is 0.0854. The van der Waals surface area contributed by atoms with E-state index in [4.69, 9.17) is 9.97 Å². The first kappa shape index (κ1) is 24.5. The third kappa shape index (κ3) is 6.17. The van der Waals surface area contributed by atoms with Gasteiger partial charge in [-0.2, -0.15) is 0 Å². The van der Waals surface area contributed by atoms with Crippen molar-refractivity contribution in [3.8, 4) is 22.5 Å². The highest BCUT2D eigenvalue weighted by Crippen LogP contribution is 2.36. The summed E-state index contributed by atoms with van der Waals surface area (Å²) >= 11 is 4.59. The molecule has 5 aromatic rings. The van der Waals surface area contributed by atoms with Crippen LogP contribution in [0.4, 0.5) is 11.4 Å². The fourth-order valence-electron chi connectivity index (χ4n) is 3.63. The maximum Gasteiger partial charge on any atom is 0.283 e. The summed E-state index contributed by atoms with van der Waals surface area (Å²) in [4.78, 5) is 25.9. The van der Waals surface area contributed by atoms with E-state index in [1.807, 2.05) is 91.0 Å². The molecular weight excluding hydrogens is 548 g/mol. The number of nitrogens with zero attached hydrogens (tertiary/aromatic N) is 4. The van der Waals surface area contributed by atoms with Crippen molar-refractivity contribution in [1.82, 2.24) is 9.97 Å². The molecule has 0 aliphatic carbocycles. The molecule has 0 N–H and O–H groups in total. The van der Waals surface area contributed by atoms with Gasteiger partial charge in [0.05, 0.1) is 26.9 Å². The Labute approximate surface area is 226 Å². The molecule has 0 aliphatic heterocycles. The van der Waals surface area contributed by atoms with Gasteiger partial charge < -0.3 is 0 Å². The van der Waals surface area contributed by atoms with Gasteiger partial charge in [-0.3, -0.25) is 15.1 Å². The van der Waals surface area contributed by atoms with Gasteiger partial charge in [0.2, 0.25) is 0 Å². The van der Waals surface area contributed by atoms with E-state index in [2.05, 4.69) is 20.9 Å². The molecule has 0 atom stereocenters. The number of nitro groups is 1. The molecular formula is C29H19BrN4O2S. The molecule has 0 spiro atoms. The molecule has 180 valence electrons. The number of aromatic nitrogens is 2. The van der Waals surface area contributed by atoms with Crippen molar-refractivity contribution in [3.63, 3.8) is 0 Å². The summed E-state index contributed by atoms with van der Waals surface area (Å²) < 4.78 is 0.910. The lowest BCUT2D eigenvalue weighted by Gasteiger charge is -2.09. The Balaban J connectivity index is 1.51. The van der Waals surface area contributed by atoms with E-state index in [0.29, 0.717) is 15.6 Å². The van der Waals surface area contributed by atoms with Crippen LogP contribution < -0.4 is 0 Å². The summed E-state index contributed by atoms with van der Waals surface area (Å²) in [5, 5.41) is 12.4. The maximum atomic E-state index is 12.0. The summed E-state index contributed by atoms with van der Waals surface area (Å²) in [5.74, 6) is 0. The number of rotatable bonds is 7. The Morgan fingerprint density at radius 2 is 1.43 bits per heavy atom. The summed E-state index contributed by atoms with van der Waals surface area (Å²) in [6, 6.07) is 34.1. The van der Waals surface area contributed by atoms with Gasteiger partial charge in [0.1, 0.15) is 0 Å². The average Bonchev–Trinajstić information content (AvgIpc) is 2.93. The minimum absolute atomic E-state index is 0.0295. The molecule has 8 heteroatoms. The zero-order valence-corrected chi connectivity index (χ0v) is 21.8. The largest absolute Gasteiger partial charge is 0.283 e. The zero-order valence-electron chi connectivity index (χ0n) is 19.4. The highest BCUT2D eigenvalue weighted by molar-refractivity contribution is 9.10. The first-order chi connectivity index (χ1) is 18.0. The molecule has 5 rings (SSSR count). The molecule has 0 aliphatic rings. The predicted octanol–water partition coefficient (Wildman–Crippen LogP) is 8.38. The predicted molar refractivity (Wildman–Crippen MR) is 152 cm³/mol. The van der Waals surface area contributed by atoms with Crippen LogP contribution >= 0.6 is 27.7 Å². The molecule has 0 fully saturated rings. The number of nitro benzene ring substituents is 1. The molecule has 0 saturated heterocycles. The first-order valence-corrected chi connectivity index (χ1v) is 12.9. The second-order valence-electron chi connectivity index (χ2n) is 7.98. The Bertz CT molecular complexity index is 1540. The molecule has 37 heavy (non-hydrogen) atoms. The van der Waals surface area contributed by atoms with Gasteiger partial charge in [-0.25, -0.2) is 9.97 Å². The molecule has 0 radical (unpaired) electrons. The normalized spacial score (nSPS) is 11.1. The van der Waals surface area contributed by atoms with Crippen LogP contribution in [0.1, 0.15) is 5.56 Å². The lowest BCUT2D eigenvalue weighted by atomic mass is 10.1. The van der Waals surface area contributed by atoms with E-state index < -0.39 is 4.92 Å². The number of hydrogen-bond acceptors (Lipinski definition) is 6. The van der Waals surface area contributed by atoms with Crippen LogP contribution in [-0.4, -0.2) is 21.1 Å². The number of hydrogen-bond donors (Lipinski definition) is 0. The van der Waals surface area contributed by atoms with Gasteiger partial charge in [-0.05, 0) is 47.7 Å². The SMILES string of the molecule is O=[N+]([O-])c1cc(C=Nc2cccc(Br)c2)ccc1Sc1nc(-c2ccccc2)cc(-c2ccccc2)n1. The van der Waals surface area contributed by atoms with Gasteiger partial charge in [-0.1, -0.05) is 88.7 Å². The van der Waals surface area contributed by atoms with Gasteiger partial charge >= 0.3 is 0 Å². The van der Waals surface area contributed by atoms with Crippen LogP contribution in [0.3, 0.4) is 0 Å². The standard InChI is InChI=1S/C29H19BrN4O2S/c30-23-12-7-13-24(17-23)31-19-20-14-15-28(27(16-20)34(35)36)37-29-32-25(21-8-3-1-4-9-21)18-26(33-29)22-10-5-2-6-11-22/h1-19H. The maximum absolute atomic E-state index is 12.0. The number of benzene rings is 4. The fourth-order valence-corrected chi connectivity index (χ4v) is 4.88. The summed E-state index contributed by atoms with van der Waals surface area (Å²) in [7, 11) is 0. The van der Waals surface area contributed by atoms with Crippen LogP contribution in [0.5, 0.6) is 0 Å². The van der Waals surface area contributed by atoms with E-state index in [9.17, 15) is 10.1 Å². The Hall–Kier alpha value is -4.14. The smallest absolute Gasteiger partial charge is 0.258 e. The fraction of sp³-hybridized carbons (Fsp3) is 0. The van der Waals surface area contributed by atoms with Crippen molar-refractivity contribution in [3.05, 3.63) is 129 Å². The molecule has 1 heterocycles. The third-order valence-corrected chi connectivity index (χ3v) is 6.82. The topological polar surface area (TPSA) is 81.3 Å². The molecule has 0 unspecified atom stereocenters. The highest BCUT2D eigenvalue weighted by atomic mass is 79.9. The van der Waals surface area contributed by atoms with Gasteiger partial charge in [0, 0.05) is 27.9 Å². The van der Waals surface area contributed by atoms with Crippen molar-refractivity contribution in [2.45, 2.75) is 10.1 Å². The van der Waals surface area contributed by atoms with E-state index >= 15 is 0 Å². The molecule has 0 bridgehead atoms. The van der Waals surface area contributed by atoms with E-state index in [1.165, 1.54) is 17.8 Å². The minimum Gasteiger partial charge on any atom is -0.258 e.